The number of aromatic nitrogens is 1. The van der Waals surface area contributed by atoms with Gasteiger partial charge in [-0.25, -0.2) is 0 Å². The SMILES string of the molecule is Cc1cc(C(=O)N(CCBr)C2CCCC2)on1. The van der Waals surface area contributed by atoms with Crippen LogP contribution in [0.2, 0.25) is 0 Å². The number of aryl methyl sites for hydroxylation is 1. The molecule has 1 amide bonds. The lowest BCUT2D eigenvalue weighted by Crippen LogP contribution is -2.40. The molecule has 0 aromatic carbocycles. The van der Waals surface area contributed by atoms with Crippen LogP contribution in [-0.2, 0) is 0 Å². The van der Waals surface area contributed by atoms with Gasteiger partial charge in [0.1, 0.15) is 0 Å². The van der Waals surface area contributed by atoms with Crippen LogP contribution in [0.4, 0.5) is 0 Å². The highest BCUT2D eigenvalue weighted by atomic mass is 79.9. The molecule has 1 saturated carbocycles. The van der Waals surface area contributed by atoms with E-state index in [1.807, 2.05) is 11.8 Å². The average molecular weight is 301 g/mol. The molecule has 0 radical (unpaired) electrons. The Labute approximate surface area is 109 Å². The molecular formula is C12H17BrN2O2. The van der Waals surface area contributed by atoms with Crippen LogP contribution < -0.4 is 0 Å². The van der Waals surface area contributed by atoms with Gasteiger partial charge in [-0.05, 0) is 19.8 Å². The van der Waals surface area contributed by atoms with Crippen LogP contribution in [0.3, 0.4) is 0 Å². The van der Waals surface area contributed by atoms with Crippen molar-refractivity contribution in [2.24, 2.45) is 0 Å². The number of nitrogens with zero attached hydrogens (tertiary/aromatic N) is 2. The highest BCUT2D eigenvalue weighted by Gasteiger charge is 2.28. The Morgan fingerprint density at radius 2 is 2.29 bits per heavy atom. The van der Waals surface area contributed by atoms with Gasteiger partial charge in [0.05, 0.1) is 5.69 Å². The molecule has 94 valence electrons. The molecule has 0 spiro atoms. The largest absolute Gasteiger partial charge is 0.351 e. The number of alkyl halides is 1. The third kappa shape index (κ3) is 2.89. The van der Waals surface area contributed by atoms with Gasteiger partial charge in [0.2, 0.25) is 5.76 Å². The van der Waals surface area contributed by atoms with E-state index in [4.69, 9.17) is 4.52 Å². The fraction of sp³-hybridized carbons (Fsp3) is 0.667. The Morgan fingerprint density at radius 3 is 2.82 bits per heavy atom. The summed E-state index contributed by atoms with van der Waals surface area (Å²) in [5, 5.41) is 4.57. The number of amides is 1. The van der Waals surface area contributed by atoms with E-state index in [1.165, 1.54) is 12.8 Å². The zero-order valence-electron chi connectivity index (χ0n) is 9.99. The van der Waals surface area contributed by atoms with Crippen molar-refractivity contribution < 1.29 is 9.32 Å². The van der Waals surface area contributed by atoms with Gasteiger partial charge in [-0.3, -0.25) is 4.79 Å². The molecular weight excluding hydrogens is 284 g/mol. The molecule has 1 aliphatic rings. The Bertz CT molecular complexity index is 386. The van der Waals surface area contributed by atoms with Crippen molar-refractivity contribution in [1.29, 1.82) is 0 Å². The number of carbonyl (C=O) groups is 1. The average Bonchev–Trinajstić information content (AvgIpc) is 2.95. The van der Waals surface area contributed by atoms with Gasteiger partial charge in [0, 0.05) is 24.0 Å². The van der Waals surface area contributed by atoms with Crippen molar-refractivity contribution in [3.63, 3.8) is 0 Å². The summed E-state index contributed by atoms with van der Waals surface area (Å²) in [5.41, 5.74) is 0.749. The van der Waals surface area contributed by atoms with E-state index < -0.39 is 0 Å². The monoisotopic (exact) mass is 300 g/mol. The normalized spacial score (nSPS) is 16.4. The number of rotatable bonds is 4. The molecule has 0 bridgehead atoms. The maximum atomic E-state index is 12.3. The molecule has 1 aliphatic carbocycles. The minimum absolute atomic E-state index is 0.0306. The Hall–Kier alpha value is -0.840. The minimum atomic E-state index is -0.0306. The third-order valence-electron chi connectivity index (χ3n) is 3.19. The predicted molar refractivity (Wildman–Crippen MR) is 68.3 cm³/mol. The predicted octanol–water partition coefficient (Wildman–Crippen LogP) is 2.76. The van der Waals surface area contributed by atoms with Gasteiger partial charge in [0.15, 0.2) is 0 Å². The summed E-state index contributed by atoms with van der Waals surface area (Å²) in [6, 6.07) is 2.07. The summed E-state index contributed by atoms with van der Waals surface area (Å²) in [6.45, 7) is 2.55. The van der Waals surface area contributed by atoms with E-state index in [0.29, 0.717) is 11.8 Å². The van der Waals surface area contributed by atoms with Crippen LogP contribution in [0, 0.1) is 6.92 Å². The van der Waals surface area contributed by atoms with Gasteiger partial charge in [0.25, 0.3) is 5.91 Å². The first kappa shape index (κ1) is 12.6. The van der Waals surface area contributed by atoms with E-state index in [9.17, 15) is 4.79 Å². The molecule has 0 unspecified atom stereocenters. The van der Waals surface area contributed by atoms with Gasteiger partial charge in [-0.15, -0.1) is 0 Å². The number of hydrogen-bond donors (Lipinski definition) is 0. The smallest absolute Gasteiger partial charge is 0.292 e. The first-order valence-corrected chi connectivity index (χ1v) is 7.15. The lowest BCUT2D eigenvalue weighted by Gasteiger charge is -2.27. The quantitative estimate of drug-likeness (QED) is 0.803. The fourth-order valence-corrected chi connectivity index (χ4v) is 2.74. The molecule has 0 N–H and O–H groups in total. The molecule has 2 rings (SSSR count). The number of halogens is 1. The Balaban J connectivity index is 2.12. The standard InChI is InChI=1S/C12H17BrN2O2/c1-9-8-11(17-14-9)12(16)15(7-6-13)10-4-2-3-5-10/h8,10H,2-7H2,1H3. The van der Waals surface area contributed by atoms with Crippen molar-refractivity contribution in [3.8, 4) is 0 Å². The van der Waals surface area contributed by atoms with Crippen molar-refractivity contribution in [3.05, 3.63) is 17.5 Å². The summed E-state index contributed by atoms with van der Waals surface area (Å²) in [6.07, 6.45) is 4.63. The molecule has 4 nitrogen and oxygen atoms in total. The van der Waals surface area contributed by atoms with Gasteiger partial charge in [-0.2, -0.15) is 0 Å². The third-order valence-corrected chi connectivity index (χ3v) is 3.55. The zero-order chi connectivity index (χ0) is 12.3. The summed E-state index contributed by atoms with van der Waals surface area (Å²) in [7, 11) is 0. The lowest BCUT2D eigenvalue weighted by atomic mass is 10.2. The van der Waals surface area contributed by atoms with E-state index >= 15 is 0 Å². The maximum Gasteiger partial charge on any atom is 0.292 e. The fourth-order valence-electron chi connectivity index (χ4n) is 2.36. The molecule has 1 heterocycles. The zero-order valence-corrected chi connectivity index (χ0v) is 11.6. The molecule has 1 fully saturated rings. The summed E-state index contributed by atoms with van der Waals surface area (Å²) in [4.78, 5) is 14.2. The van der Waals surface area contributed by atoms with Crippen LogP contribution in [0.25, 0.3) is 0 Å². The van der Waals surface area contributed by atoms with Crippen molar-refractivity contribution >= 4 is 21.8 Å². The van der Waals surface area contributed by atoms with Gasteiger partial charge in [-0.1, -0.05) is 33.9 Å². The van der Waals surface area contributed by atoms with Crippen LogP contribution in [0.1, 0.15) is 41.9 Å². The van der Waals surface area contributed by atoms with E-state index in [0.717, 1.165) is 30.4 Å². The Morgan fingerprint density at radius 1 is 1.59 bits per heavy atom. The van der Waals surface area contributed by atoms with Crippen LogP contribution in [0.15, 0.2) is 10.6 Å². The second kappa shape index (κ2) is 5.67. The lowest BCUT2D eigenvalue weighted by molar-refractivity contribution is 0.0653. The number of carbonyl (C=O) groups excluding carboxylic acids is 1. The molecule has 0 atom stereocenters. The van der Waals surface area contributed by atoms with E-state index in [-0.39, 0.29) is 5.91 Å². The van der Waals surface area contributed by atoms with Gasteiger partial charge < -0.3 is 9.42 Å². The minimum Gasteiger partial charge on any atom is -0.351 e. The topological polar surface area (TPSA) is 46.3 Å². The maximum absolute atomic E-state index is 12.3. The first-order valence-electron chi connectivity index (χ1n) is 6.02. The molecule has 1 aromatic heterocycles. The summed E-state index contributed by atoms with van der Waals surface area (Å²) >= 11 is 3.40. The van der Waals surface area contributed by atoms with Crippen molar-refractivity contribution in [1.82, 2.24) is 10.1 Å². The highest BCUT2D eigenvalue weighted by molar-refractivity contribution is 9.09. The van der Waals surface area contributed by atoms with Crippen molar-refractivity contribution in [2.75, 3.05) is 11.9 Å². The van der Waals surface area contributed by atoms with Gasteiger partial charge >= 0.3 is 0 Å². The van der Waals surface area contributed by atoms with Crippen LogP contribution in [-0.4, -0.2) is 33.9 Å². The molecule has 0 aliphatic heterocycles. The van der Waals surface area contributed by atoms with Crippen LogP contribution >= 0.6 is 15.9 Å². The molecule has 1 aromatic rings. The molecule has 0 saturated heterocycles. The summed E-state index contributed by atoms with van der Waals surface area (Å²) in [5.74, 6) is 0.326. The number of hydrogen-bond acceptors (Lipinski definition) is 3. The van der Waals surface area contributed by atoms with E-state index in [1.54, 1.807) is 6.07 Å². The molecule has 5 heteroatoms. The summed E-state index contributed by atoms with van der Waals surface area (Å²) < 4.78 is 5.06. The Kier molecular flexibility index (Phi) is 4.20. The second-order valence-electron chi connectivity index (χ2n) is 4.46. The molecule has 17 heavy (non-hydrogen) atoms. The van der Waals surface area contributed by atoms with Crippen LogP contribution in [0.5, 0.6) is 0 Å². The van der Waals surface area contributed by atoms with E-state index in [2.05, 4.69) is 21.1 Å². The van der Waals surface area contributed by atoms with Crippen molar-refractivity contribution in [2.45, 2.75) is 38.6 Å². The second-order valence-corrected chi connectivity index (χ2v) is 5.25. The highest BCUT2D eigenvalue weighted by Crippen LogP contribution is 2.25. The first-order chi connectivity index (χ1) is 8.22.